The van der Waals surface area contributed by atoms with Crippen molar-refractivity contribution in [3.8, 4) is 0 Å². The fourth-order valence-corrected chi connectivity index (χ4v) is 5.12. The standard InChI is InChI=1S/C24H29FN6O5S/c1-24(2,3)36-23(33)31-9-8-20(19(25)14-31)30-37(34,35)18-6-4-15(5-7-18)11-27-22(32)17-10-16-13-28-29-21(16)26-12-17/h4-7,10,12-13,19-20,30H,8-9,11,14H2,1-3H3,(H,27,32)(H,26,28,29). The molecule has 4 rings (SSSR count). The van der Waals surface area contributed by atoms with Crippen molar-refractivity contribution in [2.24, 2.45) is 0 Å². The van der Waals surface area contributed by atoms with Gasteiger partial charge in [0, 0.05) is 24.7 Å². The van der Waals surface area contributed by atoms with E-state index in [-0.39, 0.29) is 36.9 Å². The molecule has 1 saturated heterocycles. The van der Waals surface area contributed by atoms with Crippen molar-refractivity contribution < 1.29 is 27.1 Å². The van der Waals surface area contributed by atoms with Gasteiger partial charge in [-0.25, -0.2) is 27.3 Å². The van der Waals surface area contributed by atoms with Crippen LogP contribution in [0.5, 0.6) is 0 Å². The Hall–Kier alpha value is -3.58. The summed E-state index contributed by atoms with van der Waals surface area (Å²) in [7, 11) is -3.99. The monoisotopic (exact) mass is 532 g/mol. The molecular weight excluding hydrogens is 503 g/mol. The van der Waals surface area contributed by atoms with Gasteiger partial charge < -0.3 is 15.0 Å². The normalized spacial score (nSPS) is 18.5. The average Bonchev–Trinajstić information content (AvgIpc) is 3.31. The summed E-state index contributed by atoms with van der Waals surface area (Å²) in [5.74, 6) is -0.333. The zero-order valence-corrected chi connectivity index (χ0v) is 21.5. The van der Waals surface area contributed by atoms with Gasteiger partial charge in [-0.3, -0.25) is 9.89 Å². The van der Waals surface area contributed by atoms with E-state index in [1.807, 2.05) is 0 Å². The SMILES string of the molecule is CC(C)(C)OC(=O)N1CCC(NS(=O)(=O)c2ccc(CNC(=O)c3cnc4[nH]ncc4c3)cc2)C(F)C1. The van der Waals surface area contributed by atoms with Crippen molar-refractivity contribution in [1.29, 1.82) is 0 Å². The summed E-state index contributed by atoms with van der Waals surface area (Å²) in [4.78, 5) is 30.0. The van der Waals surface area contributed by atoms with Crippen LogP contribution in [-0.2, 0) is 21.3 Å². The second-order valence-electron chi connectivity index (χ2n) is 9.82. The van der Waals surface area contributed by atoms with E-state index < -0.39 is 33.9 Å². The first-order chi connectivity index (χ1) is 17.4. The number of alkyl halides is 1. The molecule has 1 aliphatic heterocycles. The summed E-state index contributed by atoms with van der Waals surface area (Å²) in [6.07, 6.45) is 0.914. The first-order valence-electron chi connectivity index (χ1n) is 11.7. The van der Waals surface area contributed by atoms with E-state index in [2.05, 4.69) is 25.2 Å². The smallest absolute Gasteiger partial charge is 0.410 e. The summed E-state index contributed by atoms with van der Waals surface area (Å²) in [6, 6.07) is 6.63. The molecule has 0 aliphatic carbocycles. The van der Waals surface area contributed by atoms with Crippen molar-refractivity contribution in [3.05, 3.63) is 53.9 Å². The molecule has 1 fully saturated rings. The van der Waals surface area contributed by atoms with Gasteiger partial charge >= 0.3 is 6.09 Å². The second-order valence-corrected chi connectivity index (χ2v) is 11.5. The number of halogens is 1. The Morgan fingerprint density at radius 2 is 1.95 bits per heavy atom. The molecule has 198 valence electrons. The predicted molar refractivity (Wildman–Crippen MR) is 133 cm³/mol. The number of carbonyl (C=O) groups is 2. The van der Waals surface area contributed by atoms with Gasteiger partial charge in [0.25, 0.3) is 5.91 Å². The van der Waals surface area contributed by atoms with Crippen LogP contribution >= 0.6 is 0 Å². The van der Waals surface area contributed by atoms with Gasteiger partial charge in [-0.15, -0.1) is 0 Å². The number of fused-ring (bicyclic) bond motifs is 1. The lowest BCUT2D eigenvalue weighted by atomic mass is 10.0. The van der Waals surface area contributed by atoms with Crippen LogP contribution in [0.15, 0.2) is 47.6 Å². The number of ether oxygens (including phenoxy) is 1. The molecule has 0 radical (unpaired) electrons. The van der Waals surface area contributed by atoms with Gasteiger partial charge in [0.15, 0.2) is 5.65 Å². The van der Waals surface area contributed by atoms with E-state index >= 15 is 0 Å². The number of amides is 2. The molecular formula is C24H29FN6O5S. The lowest BCUT2D eigenvalue weighted by molar-refractivity contribution is 0.0108. The average molecular weight is 533 g/mol. The number of nitrogens with one attached hydrogen (secondary N) is 3. The Bertz CT molecular complexity index is 1390. The molecule has 1 aliphatic rings. The molecule has 13 heteroatoms. The number of hydrogen-bond donors (Lipinski definition) is 3. The van der Waals surface area contributed by atoms with Crippen LogP contribution in [0.3, 0.4) is 0 Å². The number of sulfonamides is 1. The maximum absolute atomic E-state index is 14.8. The minimum absolute atomic E-state index is 0.0287. The van der Waals surface area contributed by atoms with Crippen molar-refractivity contribution >= 4 is 33.1 Å². The molecule has 0 spiro atoms. The van der Waals surface area contributed by atoms with Crippen LogP contribution in [0.1, 0.15) is 43.1 Å². The number of rotatable bonds is 6. The minimum Gasteiger partial charge on any atom is -0.444 e. The topological polar surface area (TPSA) is 146 Å². The number of pyridine rings is 1. The van der Waals surface area contributed by atoms with Crippen LogP contribution in [0.4, 0.5) is 9.18 Å². The van der Waals surface area contributed by atoms with E-state index in [9.17, 15) is 22.4 Å². The number of benzene rings is 1. The van der Waals surface area contributed by atoms with Gasteiger partial charge in [-0.1, -0.05) is 12.1 Å². The minimum atomic E-state index is -3.99. The highest BCUT2D eigenvalue weighted by Gasteiger charge is 2.36. The van der Waals surface area contributed by atoms with E-state index in [0.29, 0.717) is 22.2 Å². The number of hydrogen-bond acceptors (Lipinski definition) is 7. The molecule has 37 heavy (non-hydrogen) atoms. The Labute approximate surface area is 213 Å². The van der Waals surface area contributed by atoms with Crippen LogP contribution in [0.2, 0.25) is 0 Å². The largest absolute Gasteiger partial charge is 0.444 e. The Kier molecular flexibility index (Phi) is 7.46. The van der Waals surface area contributed by atoms with Crippen LogP contribution in [-0.4, -0.2) is 71.4 Å². The predicted octanol–water partition coefficient (Wildman–Crippen LogP) is 2.51. The molecule has 2 amide bonds. The van der Waals surface area contributed by atoms with Gasteiger partial charge in [0.05, 0.1) is 29.2 Å². The third-order valence-corrected chi connectivity index (χ3v) is 7.25. The molecule has 2 unspecified atom stereocenters. The number of H-pyrrole nitrogens is 1. The number of piperidine rings is 1. The summed E-state index contributed by atoms with van der Waals surface area (Å²) < 4.78 is 48.1. The Balaban J connectivity index is 1.31. The maximum atomic E-state index is 14.8. The van der Waals surface area contributed by atoms with Crippen molar-refractivity contribution in [3.63, 3.8) is 0 Å². The molecule has 2 aromatic heterocycles. The highest BCUT2D eigenvalue weighted by molar-refractivity contribution is 7.89. The van der Waals surface area contributed by atoms with E-state index in [4.69, 9.17) is 4.74 Å². The number of aromatic amines is 1. The summed E-state index contributed by atoms with van der Waals surface area (Å²) in [5.41, 5.74) is 0.923. The number of aromatic nitrogens is 3. The zero-order chi connectivity index (χ0) is 26.8. The lowest BCUT2D eigenvalue weighted by Gasteiger charge is -2.35. The molecule has 11 nitrogen and oxygen atoms in total. The highest BCUT2D eigenvalue weighted by Crippen LogP contribution is 2.20. The van der Waals surface area contributed by atoms with Crippen molar-refractivity contribution in [2.45, 2.75) is 56.4 Å². The van der Waals surface area contributed by atoms with Crippen LogP contribution in [0.25, 0.3) is 11.0 Å². The third kappa shape index (κ3) is 6.60. The van der Waals surface area contributed by atoms with Crippen LogP contribution < -0.4 is 10.0 Å². The van der Waals surface area contributed by atoms with E-state index in [0.717, 1.165) is 0 Å². The van der Waals surface area contributed by atoms with Gasteiger partial charge in [0.2, 0.25) is 10.0 Å². The van der Waals surface area contributed by atoms with E-state index in [1.54, 1.807) is 45.2 Å². The maximum Gasteiger partial charge on any atom is 0.410 e. The summed E-state index contributed by atoms with van der Waals surface area (Å²) in [5, 5.41) is 10.1. The molecule has 3 aromatic rings. The van der Waals surface area contributed by atoms with Gasteiger partial charge in [0.1, 0.15) is 11.8 Å². The lowest BCUT2D eigenvalue weighted by Crippen LogP contribution is -2.54. The molecule has 1 aromatic carbocycles. The zero-order valence-electron chi connectivity index (χ0n) is 20.7. The Morgan fingerprint density at radius 1 is 1.22 bits per heavy atom. The summed E-state index contributed by atoms with van der Waals surface area (Å²) >= 11 is 0. The van der Waals surface area contributed by atoms with Gasteiger partial charge in [-0.2, -0.15) is 5.10 Å². The second kappa shape index (κ2) is 10.4. The first-order valence-corrected chi connectivity index (χ1v) is 13.2. The number of nitrogens with zero attached hydrogens (tertiary/aromatic N) is 3. The van der Waals surface area contributed by atoms with Crippen molar-refractivity contribution in [2.75, 3.05) is 13.1 Å². The highest BCUT2D eigenvalue weighted by atomic mass is 32.2. The van der Waals surface area contributed by atoms with E-state index in [1.165, 1.54) is 23.2 Å². The number of likely N-dealkylation sites (tertiary alicyclic amines) is 1. The summed E-state index contributed by atoms with van der Waals surface area (Å²) in [6.45, 7) is 5.24. The van der Waals surface area contributed by atoms with Crippen LogP contribution in [0, 0.1) is 0 Å². The third-order valence-electron chi connectivity index (χ3n) is 5.74. The van der Waals surface area contributed by atoms with Crippen molar-refractivity contribution in [1.82, 2.24) is 30.1 Å². The fourth-order valence-electron chi connectivity index (χ4n) is 3.83. The van der Waals surface area contributed by atoms with Gasteiger partial charge in [-0.05, 0) is 51.0 Å². The molecule has 3 heterocycles. The number of carbonyl (C=O) groups excluding carboxylic acids is 2. The first kappa shape index (κ1) is 26.5. The quantitative estimate of drug-likeness (QED) is 0.442. The Morgan fingerprint density at radius 3 is 2.62 bits per heavy atom. The molecule has 2 atom stereocenters. The molecule has 3 N–H and O–H groups in total. The fraction of sp³-hybridized carbons (Fsp3) is 0.417. The molecule has 0 saturated carbocycles. The molecule has 0 bridgehead atoms.